The summed E-state index contributed by atoms with van der Waals surface area (Å²) >= 11 is 1.11. The second-order valence-corrected chi connectivity index (χ2v) is 6.65. The van der Waals surface area contributed by atoms with Crippen LogP contribution >= 0.6 is 11.3 Å². The number of piperidine rings is 1. The zero-order valence-electron chi connectivity index (χ0n) is 12.0. The Morgan fingerprint density at radius 1 is 1.38 bits per heavy atom. The number of hydrogen-bond acceptors (Lipinski definition) is 5. The fraction of sp³-hybridized carbons (Fsp3) is 0.643. The van der Waals surface area contributed by atoms with E-state index in [1.54, 1.807) is 0 Å². The lowest BCUT2D eigenvalue weighted by Gasteiger charge is -2.47. The first-order chi connectivity index (χ1) is 10.1. The molecule has 114 valence electrons. The van der Waals surface area contributed by atoms with Crippen molar-refractivity contribution in [3.8, 4) is 0 Å². The van der Waals surface area contributed by atoms with Gasteiger partial charge in [0.05, 0.1) is 0 Å². The molecule has 1 N–H and O–H groups in total. The highest BCUT2D eigenvalue weighted by Gasteiger charge is 2.36. The average Bonchev–Trinajstić information content (AvgIpc) is 2.96. The Bertz CT molecular complexity index is 559. The highest BCUT2D eigenvalue weighted by Crippen LogP contribution is 2.25. The first kappa shape index (κ1) is 14.5. The molecule has 0 aliphatic carbocycles. The zero-order valence-corrected chi connectivity index (χ0v) is 12.8. The zero-order chi connectivity index (χ0) is 15.0. The molecule has 3 rings (SSSR count). The van der Waals surface area contributed by atoms with Gasteiger partial charge in [-0.15, -0.1) is 11.3 Å². The predicted molar refractivity (Wildman–Crippen MR) is 78.8 cm³/mol. The van der Waals surface area contributed by atoms with Gasteiger partial charge in [0, 0.05) is 30.6 Å². The Balaban J connectivity index is 1.75. The van der Waals surface area contributed by atoms with Crippen LogP contribution in [0.25, 0.3) is 0 Å². The third-order valence-corrected chi connectivity index (χ3v) is 5.18. The normalized spacial score (nSPS) is 26.4. The van der Waals surface area contributed by atoms with E-state index in [1.165, 1.54) is 18.2 Å². The molecule has 2 fully saturated rings. The third-order valence-electron chi connectivity index (χ3n) is 4.35. The molecule has 2 aliphatic heterocycles. The molecule has 0 aromatic carbocycles. The number of piperazine rings is 1. The highest BCUT2D eigenvalue weighted by atomic mass is 32.1. The van der Waals surface area contributed by atoms with Crippen LogP contribution in [0.1, 0.15) is 46.5 Å². The Morgan fingerprint density at radius 2 is 2.19 bits per heavy atom. The van der Waals surface area contributed by atoms with Gasteiger partial charge in [-0.2, -0.15) is 0 Å². The van der Waals surface area contributed by atoms with Crippen LogP contribution in [-0.2, 0) is 0 Å². The topological polar surface area (TPSA) is 73.7 Å². The van der Waals surface area contributed by atoms with Gasteiger partial charge in [-0.05, 0) is 26.3 Å². The van der Waals surface area contributed by atoms with E-state index in [9.17, 15) is 9.59 Å². The number of carboxylic acids is 1. The molecule has 3 heterocycles. The van der Waals surface area contributed by atoms with Crippen molar-refractivity contribution in [1.82, 2.24) is 14.8 Å². The fourth-order valence-electron chi connectivity index (χ4n) is 3.23. The van der Waals surface area contributed by atoms with Crippen molar-refractivity contribution in [2.24, 2.45) is 0 Å². The minimum Gasteiger partial charge on any atom is -0.476 e. The van der Waals surface area contributed by atoms with Crippen LogP contribution in [0.5, 0.6) is 0 Å². The van der Waals surface area contributed by atoms with Crippen LogP contribution in [-0.4, -0.2) is 63.5 Å². The molecular weight excluding hydrogens is 290 g/mol. The highest BCUT2D eigenvalue weighted by molar-refractivity contribution is 7.11. The quantitative estimate of drug-likeness (QED) is 0.897. The van der Waals surface area contributed by atoms with Crippen molar-refractivity contribution in [2.45, 2.75) is 38.3 Å². The summed E-state index contributed by atoms with van der Waals surface area (Å²) < 4.78 is 0. The Hall–Kier alpha value is -1.47. The maximum absolute atomic E-state index is 12.6. The van der Waals surface area contributed by atoms with Gasteiger partial charge in [0.25, 0.3) is 5.91 Å². The van der Waals surface area contributed by atoms with Gasteiger partial charge in [-0.3, -0.25) is 9.69 Å². The van der Waals surface area contributed by atoms with Gasteiger partial charge in [0.2, 0.25) is 0 Å². The molecule has 21 heavy (non-hydrogen) atoms. The number of carboxylic acid groups (broad SMARTS) is 1. The second kappa shape index (κ2) is 5.73. The van der Waals surface area contributed by atoms with Crippen LogP contribution in [0, 0.1) is 0 Å². The van der Waals surface area contributed by atoms with Crippen LogP contribution in [0.3, 0.4) is 0 Å². The van der Waals surface area contributed by atoms with Crippen LogP contribution < -0.4 is 0 Å². The van der Waals surface area contributed by atoms with E-state index in [-0.39, 0.29) is 22.7 Å². The first-order valence-electron chi connectivity index (χ1n) is 7.30. The summed E-state index contributed by atoms with van der Waals surface area (Å²) in [6.45, 7) is 4.79. The minimum atomic E-state index is -1.09. The monoisotopic (exact) mass is 309 g/mol. The van der Waals surface area contributed by atoms with Gasteiger partial charge in [-0.1, -0.05) is 6.42 Å². The molecule has 1 aromatic rings. The van der Waals surface area contributed by atoms with Crippen molar-refractivity contribution in [1.29, 1.82) is 0 Å². The average molecular weight is 309 g/mol. The first-order valence-corrected chi connectivity index (χ1v) is 8.18. The van der Waals surface area contributed by atoms with Crippen molar-refractivity contribution in [3.63, 3.8) is 0 Å². The minimum absolute atomic E-state index is 0.0488. The fourth-order valence-corrected chi connectivity index (χ4v) is 3.97. The molecule has 2 aliphatic rings. The Kier molecular flexibility index (Phi) is 3.95. The van der Waals surface area contributed by atoms with Gasteiger partial charge in [0.15, 0.2) is 10.7 Å². The molecule has 2 unspecified atom stereocenters. The number of aromatic nitrogens is 1. The van der Waals surface area contributed by atoms with Crippen molar-refractivity contribution >= 4 is 23.2 Å². The second-order valence-electron chi connectivity index (χ2n) is 5.79. The lowest BCUT2D eigenvalue weighted by molar-refractivity contribution is 0.0151. The van der Waals surface area contributed by atoms with Gasteiger partial charge in [0.1, 0.15) is 0 Å². The van der Waals surface area contributed by atoms with E-state index in [2.05, 4.69) is 16.8 Å². The summed E-state index contributed by atoms with van der Waals surface area (Å²) in [5.41, 5.74) is -0.0488. The Morgan fingerprint density at radius 3 is 2.90 bits per heavy atom. The largest absolute Gasteiger partial charge is 0.476 e. The predicted octanol–water partition coefficient (Wildman–Crippen LogP) is 1.54. The van der Waals surface area contributed by atoms with Crippen LogP contribution in [0.15, 0.2) is 5.38 Å². The SMILES string of the molecule is CC1CN2CCCCC2CN1C(=O)c1nc(C(=O)O)cs1. The van der Waals surface area contributed by atoms with Crippen LogP contribution in [0.2, 0.25) is 0 Å². The number of carbonyl (C=O) groups is 2. The maximum Gasteiger partial charge on any atom is 0.355 e. The number of carbonyl (C=O) groups excluding carboxylic acids is 1. The number of aromatic carboxylic acids is 1. The van der Waals surface area contributed by atoms with Crippen molar-refractivity contribution < 1.29 is 14.7 Å². The Labute approximate surface area is 127 Å². The molecule has 0 bridgehead atoms. The van der Waals surface area contributed by atoms with E-state index in [4.69, 9.17) is 5.11 Å². The number of amides is 1. The van der Waals surface area contributed by atoms with E-state index < -0.39 is 5.97 Å². The molecule has 0 spiro atoms. The number of nitrogens with zero attached hydrogens (tertiary/aromatic N) is 3. The van der Waals surface area contributed by atoms with E-state index in [0.29, 0.717) is 6.04 Å². The molecule has 6 nitrogen and oxygen atoms in total. The summed E-state index contributed by atoms with van der Waals surface area (Å²) in [4.78, 5) is 31.7. The van der Waals surface area contributed by atoms with Crippen LogP contribution in [0.4, 0.5) is 0 Å². The number of hydrogen-bond donors (Lipinski definition) is 1. The number of thiazole rings is 1. The molecule has 0 saturated carbocycles. The summed E-state index contributed by atoms with van der Waals surface area (Å²) in [5, 5.41) is 10.6. The summed E-state index contributed by atoms with van der Waals surface area (Å²) in [5.74, 6) is -1.22. The van der Waals surface area contributed by atoms with Crippen molar-refractivity contribution in [3.05, 3.63) is 16.1 Å². The molecule has 2 saturated heterocycles. The lowest BCUT2D eigenvalue weighted by atomic mass is 9.97. The summed E-state index contributed by atoms with van der Waals surface area (Å²) in [6, 6.07) is 0.585. The molecule has 2 atom stereocenters. The molecular formula is C14H19N3O3S. The van der Waals surface area contributed by atoms with E-state index in [0.717, 1.165) is 37.4 Å². The molecule has 0 radical (unpaired) electrons. The van der Waals surface area contributed by atoms with E-state index in [1.807, 2.05) is 4.90 Å². The van der Waals surface area contributed by atoms with E-state index >= 15 is 0 Å². The molecule has 1 amide bonds. The maximum atomic E-state index is 12.6. The lowest BCUT2D eigenvalue weighted by Crippen LogP contribution is -2.60. The molecule has 1 aromatic heterocycles. The third kappa shape index (κ3) is 2.80. The molecule has 7 heteroatoms. The smallest absolute Gasteiger partial charge is 0.355 e. The number of fused-ring (bicyclic) bond motifs is 1. The standard InChI is InChI=1S/C14H19N3O3S/c1-9-6-16-5-3-2-4-10(16)7-17(9)13(18)12-15-11(8-21-12)14(19)20/h8-10H,2-7H2,1H3,(H,19,20). The number of rotatable bonds is 2. The van der Waals surface area contributed by atoms with Gasteiger partial charge in [-0.25, -0.2) is 9.78 Å². The summed E-state index contributed by atoms with van der Waals surface area (Å²) in [7, 11) is 0. The summed E-state index contributed by atoms with van der Waals surface area (Å²) in [6.07, 6.45) is 3.60. The van der Waals surface area contributed by atoms with Gasteiger partial charge < -0.3 is 10.0 Å². The van der Waals surface area contributed by atoms with Gasteiger partial charge >= 0.3 is 5.97 Å². The van der Waals surface area contributed by atoms with Crippen molar-refractivity contribution in [2.75, 3.05) is 19.6 Å².